The molecule has 5 rings (SSSR count). The number of piperidine rings is 1. The Morgan fingerprint density at radius 3 is 2.38 bits per heavy atom. The zero-order valence-electron chi connectivity index (χ0n) is 18.3. The first-order valence-corrected chi connectivity index (χ1v) is 10.9. The van der Waals surface area contributed by atoms with Crippen LogP contribution in [-0.2, 0) is 0 Å². The van der Waals surface area contributed by atoms with Crippen molar-refractivity contribution in [1.82, 2.24) is 24.0 Å². The fourth-order valence-electron chi connectivity index (χ4n) is 4.40. The lowest BCUT2D eigenvalue weighted by Crippen LogP contribution is -2.44. The number of aromatic nitrogens is 3. The molecule has 32 heavy (non-hydrogen) atoms. The van der Waals surface area contributed by atoms with Gasteiger partial charge in [-0.15, -0.1) is 0 Å². The molecule has 1 saturated heterocycles. The van der Waals surface area contributed by atoms with Crippen LogP contribution >= 0.6 is 0 Å². The molecular formula is C25H26FN5O. The summed E-state index contributed by atoms with van der Waals surface area (Å²) in [6.07, 6.45) is 5.79. The third-order valence-electron chi connectivity index (χ3n) is 6.33. The van der Waals surface area contributed by atoms with Crippen LogP contribution in [0.2, 0.25) is 0 Å². The summed E-state index contributed by atoms with van der Waals surface area (Å²) in [7, 11) is 4.18. The summed E-state index contributed by atoms with van der Waals surface area (Å²) in [5.74, 6) is 0.569. The van der Waals surface area contributed by atoms with Crippen LogP contribution in [0, 0.1) is 5.82 Å². The van der Waals surface area contributed by atoms with Crippen molar-refractivity contribution in [1.29, 1.82) is 0 Å². The number of benzene rings is 1. The van der Waals surface area contributed by atoms with E-state index in [4.69, 9.17) is 0 Å². The predicted octanol–water partition coefficient (Wildman–Crippen LogP) is 4.10. The van der Waals surface area contributed by atoms with Gasteiger partial charge in [-0.1, -0.05) is 18.2 Å². The van der Waals surface area contributed by atoms with Crippen LogP contribution in [0.1, 0.15) is 23.3 Å². The smallest absolute Gasteiger partial charge is 0.274 e. The van der Waals surface area contributed by atoms with E-state index in [1.165, 1.54) is 12.1 Å². The highest BCUT2D eigenvalue weighted by atomic mass is 19.1. The number of fused-ring (bicyclic) bond motifs is 1. The second-order valence-corrected chi connectivity index (χ2v) is 8.54. The predicted molar refractivity (Wildman–Crippen MR) is 123 cm³/mol. The van der Waals surface area contributed by atoms with Crippen LogP contribution in [0.5, 0.6) is 0 Å². The van der Waals surface area contributed by atoms with E-state index < -0.39 is 0 Å². The molecule has 0 saturated carbocycles. The molecule has 4 heterocycles. The monoisotopic (exact) mass is 431 g/mol. The van der Waals surface area contributed by atoms with Gasteiger partial charge in [-0.05, 0) is 74.5 Å². The first-order chi connectivity index (χ1) is 15.5. The van der Waals surface area contributed by atoms with Crippen molar-refractivity contribution >= 4 is 11.4 Å². The first kappa shape index (κ1) is 20.5. The fraction of sp³-hybridized carbons (Fsp3) is 0.280. The topological polar surface area (TPSA) is 45.8 Å². The Hall–Kier alpha value is -3.45. The number of nitrogens with zero attached hydrogens (tertiary/aromatic N) is 5. The molecule has 1 fully saturated rings. The van der Waals surface area contributed by atoms with Gasteiger partial charge in [0.2, 0.25) is 0 Å². The van der Waals surface area contributed by atoms with E-state index in [0.717, 1.165) is 48.4 Å². The van der Waals surface area contributed by atoms with E-state index in [9.17, 15) is 9.18 Å². The average Bonchev–Trinajstić information content (AvgIpc) is 3.46. The summed E-state index contributed by atoms with van der Waals surface area (Å²) in [5.41, 5.74) is 3.38. The summed E-state index contributed by atoms with van der Waals surface area (Å²) < 4.78 is 17.1. The normalized spacial score (nSPS) is 15.1. The molecule has 7 heteroatoms. The Balaban J connectivity index is 1.40. The van der Waals surface area contributed by atoms with Crippen molar-refractivity contribution in [3.63, 3.8) is 0 Å². The van der Waals surface area contributed by atoms with E-state index in [1.54, 1.807) is 22.9 Å². The molecule has 0 aliphatic carbocycles. The number of hydrogen-bond donors (Lipinski definition) is 0. The van der Waals surface area contributed by atoms with E-state index >= 15 is 0 Å². The van der Waals surface area contributed by atoms with Gasteiger partial charge in [-0.25, -0.2) is 9.07 Å². The van der Waals surface area contributed by atoms with Gasteiger partial charge in [0, 0.05) is 37.0 Å². The van der Waals surface area contributed by atoms with Crippen LogP contribution in [0.15, 0.2) is 67.0 Å². The lowest BCUT2D eigenvalue weighted by Gasteiger charge is -2.34. The third-order valence-corrected chi connectivity index (χ3v) is 6.33. The second kappa shape index (κ2) is 8.24. The lowest BCUT2D eigenvalue weighted by molar-refractivity contribution is 0.0657. The molecule has 1 aliphatic heterocycles. The van der Waals surface area contributed by atoms with Gasteiger partial charge in [0.1, 0.15) is 11.6 Å². The van der Waals surface area contributed by atoms with Crippen molar-refractivity contribution in [2.45, 2.75) is 18.9 Å². The number of likely N-dealkylation sites (tertiary alicyclic amines) is 1. The Morgan fingerprint density at radius 2 is 1.66 bits per heavy atom. The number of carbonyl (C=O) groups excluding carboxylic acids is 1. The third kappa shape index (κ3) is 3.80. The maximum atomic E-state index is 13.3. The number of halogens is 1. The molecule has 4 aromatic rings. The van der Waals surface area contributed by atoms with Gasteiger partial charge in [0.15, 0.2) is 5.69 Å². The van der Waals surface area contributed by atoms with Gasteiger partial charge in [0.25, 0.3) is 5.91 Å². The van der Waals surface area contributed by atoms with Crippen molar-refractivity contribution < 1.29 is 9.18 Å². The van der Waals surface area contributed by atoms with Gasteiger partial charge >= 0.3 is 0 Å². The fourth-order valence-corrected chi connectivity index (χ4v) is 4.40. The minimum atomic E-state index is -0.254. The van der Waals surface area contributed by atoms with Crippen LogP contribution in [0.3, 0.4) is 0 Å². The molecule has 0 bridgehead atoms. The molecular weight excluding hydrogens is 405 g/mol. The largest absolute Gasteiger partial charge is 0.337 e. The molecule has 0 atom stereocenters. The molecule has 0 spiro atoms. The summed E-state index contributed by atoms with van der Waals surface area (Å²) >= 11 is 0. The van der Waals surface area contributed by atoms with Crippen LogP contribution in [0.4, 0.5) is 4.39 Å². The van der Waals surface area contributed by atoms with Gasteiger partial charge in [-0.2, -0.15) is 5.10 Å². The van der Waals surface area contributed by atoms with E-state index in [1.807, 2.05) is 46.0 Å². The molecule has 6 nitrogen and oxygen atoms in total. The Morgan fingerprint density at radius 1 is 0.969 bits per heavy atom. The van der Waals surface area contributed by atoms with Crippen molar-refractivity contribution in [3.05, 3.63) is 78.5 Å². The van der Waals surface area contributed by atoms with Gasteiger partial charge in [0.05, 0.1) is 0 Å². The molecule has 1 aliphatic rings. The average molecular weight is 432 g/mol. The van der Waals surface area contributed by atoms with E-state index in [0.29, 0.717) is 11.7 Å². The van der Waals surface area contributed by atoms with E-state index in [-0.39, 0.29) is 11.7 Å². The number of hydrogen-bond acceptors (Lipinski definition) is 3. The first-order valence-electron chi connectivity index (χ1n) is 10.9. The summed E-state index contributed by atoms with van der Waals surface area (Å²) in [6, 6.07) is 16.8. The highest BCUT2D eigenvalue weighted by Gasteiger charge is 2.26. The van der Waals surface area contributed by atoms with Crippen LogP contribution in [-0.4, -0.2) is 63.1 Å². The summed E-state index contributed by atoms with van der Waals surface area (Å²) in [5, 5.41) is 4.59. The SMILES string of the molecule is CN(C)C1CCN(C(=O)c2ccn(-c3ccc4ccc(-c5ccc(F)cc5)cn34)n2)CC1. The Labute approximate surface area is 186 Å². The minimum absolute atomic E-state index is 0.0196. The maximum absolute atomic E-state index is 13.3. The molecule has 1 aromatic carbocycles. The number of rotatable bonds is 4. The number of pyridine rings is 1. The van der Waals surface area contributed by atoms with Crippen molar-refractivity contribution in [2.75, 3.05) is 27.2 Å². The Kier molecular flexibility index (Phi) is 5.27. The molecule has 0 unspecified atom stereocenters. The van der Waals surface area contributed by atoms with Gasteiger partial charge in [-0.3, -0.25) is 4.79 Å². The number of carbonyl (C=O) groups is 1. The lowest BCUT2D eigenvalue weighted by atomic mass is 10.0. The standard InChI is InChI=1S/C25H26FN5O/c1-28(2)21-11-14-29(15-12-21)25(32)23-13-16-31(27-23)24-10-9-22-8-5-19(17-30(22)24)18-3-6-20(26)7-4-18/h3-10,13,16-17,21H,11-12,14-15H2,1-2H3. The molecule has 1 amide bonds. The second-order valence-electron chi connectivity index (χ2n) is 8.54. The summed E-state index contributed by atoms with van der Waals surface area (Å²) in [6.45, 7) is 1.51. The number of amides is 1. The van der Waals surface area contributed by atoms with E-state index in [2.05, 4.69) is 24.1 Å². The maximum Gasteiger partial charge on any atom is 0.274 e. The highest BCUT2D eigenvalue weighted by Crippen LogP contribution is 2.24. The molecule has 3 aromatic heterocycles. The zero-order valence-corrected chi connectivity index (χ0v) is 18.3. The molecule has 0 radical (unpaired) electrons. The molecule has 0 N–H and O–H groups in total. The highest BCUT2D eigenvalue weighted by molar-refractivity contribution is 5.92. The molecule has 164 valence electrons. The Bertz CT molecular complexity index is 1250. The van der Waals surface area contributed by atoms with Crippen LogP contribution < -0.4 is 0 Å². The van der Waals surface area contributed by atoms with Gasteiger partial charge < -0.3 is 14.2 Å². The summed E-state index contributed by atoms with van der Waals surface area (Å²) in [4.78, 5) is 17.1. The van der Waals surface area contributed by atoms with Crippen LogP contribution in [0.25, 0.3) is 22.5 Å². The minimum Gasteiger partial charge on any atom is -0.337 e. The quantitative estimate of drug-likeness (QED) is 0.489. The van der Waals surface area contributed by atoms with Crippen molar-refractivity contribution in [3.8, 4) is 16.9 Å². The zero-order chi connectivity index (χ0) is 22.2. The van der Waals surface area contributed by atoms with Crippen molar-refractivity contribution in [2.24, 2.45) is 0 Å².